The second-order valence-electron chi connectivity index (χ2n) is 5.65. The highest BCUT2D eigenvalue weighted by Crippen LogP contribution is 2.26. The van der Waals surface area contributed by atoms with Crippen LogP contribution < -0.4 is 5.32 Å². The number of carbonyl (C=O) groups is 1. The molecule has 112 valence electrons. The van der Waals surface area contributed by atoms with E-state index in [2.05, 4.69) is 17.3 Å². The van der Waals surface area contributed by atoms with Gasteiger partial charge in [0.2, 0.25) is 0 Å². The first-order valence-electron chi connectivity index (χ1n) is 6.96. The van der Waals surface area contributed by atoms with E-state index in [1.165, 1.54) is 0 Å². The minimum absolute atomic E-state index is 0.0825. The molecule has 6 nitrogen and oxygen atoms in total. The summed E-state index contributed by atoms with van der Waals surface area (Å²) in [5, 5.41) is 7.11. The van der Waals surface area contributed by atoms with Crippen LogP contribution in [0.5, 0.6) is 0 Å². The molecule has 1 aromatic rings. The highest BCUT2D eigenvalue weighted by molar-refractivity contribution is 5.94. The summed E-state index contributed by atoms with van der Waals surface area (Å²) in [4.78, 5) is 12.1. The van der Waals surface area contributed by atoms with Crippen LogP contribution in [0.4, 0.5) is 0 Å². The highest BCUT2D eigenvalue weighted by atomic mass is 16.7. The van der Waals surface area contributed by atoms with Crippen LogP contribution in [-0.4, -0.2) is 41.2 Å². The number of aromatic nitrogens is 2. The van der Waals surface area contributed by atoms with Crippen molar-refractivity contribution >= 4 is 5.91 Å². The fourth-order valence-electron chi connectivity index (χ4n) is 2.56. The summed E-state index contributed by atoms with van der Waals surface area (Å²) in [6.07, 6.45) is 2.50. The Morgan fingerprint density at radius 3 is 2.75 bits per heavy atom. The number of aryl methyl sites for hydroxylation is 2. The van der Waals surface area contributed by atoms with Crippen LogP contribution in [0, 0.1) is 12.8 Å². The molecule has 1 aliphatic rings. The second kappa shape index (κ2) is 5.93. The lowest BCUT2D eigenvalue weighted by atomic mass is 10.0. The predicted molar refractivity (Wildman–Crippen MR) is 74.4 cm³/mol. The average Bonchev–Trinajstić information content (AvgIpc) is 2.92. The van der Waals surface area contributed by atoms with Crippen molar-refractivity contribution in [3.05, 3.63) is 17.5 Å². The minimum atomic E-state index is -0.506. The van der Waals surface area contributed by atoms with Crippen molar-refractivity contribution in [1.29, 1.82) is 0 Å². The number of amides is 1. The average molecular weight is 281 g/mol. The molecule has 2 rings (SSSR count). The van der Waals surface area contributed by atoms with Crippen LogP contribution in [0.3, 0.4) is 0 Å². The molecule has 1 aliphatic heterocycles. The standard InChI is InChI=1S/C14H23N3O3/c1-10(7-14(3)19-5-6-20-14)8-15-13(18)12-9-17(4)16-11(12)2/h9-10H,5-8H2,1-4H3,(H,15,18)/t10-/m1/s1. The van der Waals surface area contributed by atoms with Crippen molar-refractivity contribution in [3.8, 4) is 0 Å². The zero-order valence-electron chi connectivity index (χ0n) is 12.6. The van der Waals surface area contributed by atoms with Gasteiger partial charge in [-0.2, -0.15) is 5.10 Å². The first-order valence-corrected chi connectivity index (χ1v) is 6.96. The van der Waals surface area contributed by atoms with Crippen molar-refractivity contribution in [2.45, 2.75) is 33.0 Å². The van der Waals surface area contributed by atoms with Gasteiger partial charge in [0.1, 0.15) is 0 Å². The van der Waals surface area contributed by atoms with E-state index in [1.54, 1.807) is 10.9 Å². The van der Waals surface area contributed by atoms with Gasteiger partial charge in [-0.25, -0.2) is 0 Å². The highest BCUT2D eigenvalue weighted by Gasteiger charge is 2.32. The van der Waals surface area contributed by atoms with E-state index in [0.29, 0.717) is 25.3 Å². The molecule has 0 saturated carbocycles. The first kappa shape index (κ1) is 15.0. The zero-order chi connectivity index (χ0) is 14.8. The molecule has 0 bridgehead atoms. The molecular formula is C14H23N3O3. The van der Waals surface area contributed by atoms with Gasteiger partial charge in [0, 0.05) is 26.2 Å². The Morgan fingerprint density at radius 2 is 2.20 bits per heavy atom. The van der Waals surface area contributed by atoms with Gasteiger partial charge < -0.3 is 14.8 Å². The maximum Gasteiger partial charge on any atom is 0.254 e. The Bertz CT molecular complexity index is 478. The number of carbonyl (C=O) groups excluding carboxylic acids is 1. The van der Waals surface area contributed by atoms with E-state index < -0.39 is 5.79 Å². The molecule has 1 saturated heterocycles. The van der Waals surface area contributed by atoms with Crippen LogP contribution in [0.25, 0.3) is 0 Å². The molecule has 0 unspecified atom stereocenters. The normalized spacial score (nSPS) is 19.0. The summed E-state index contributed by atoms with van der Waals surface area (Å²) >= 11 is 0. The molecule has 1 fully saturated rings. The van der Waals surface area contributed by atoms with Crippen molar-refractivity contribution in [3.63, 3.8) is 0 Å². The van der Waals surface area contributed by atoms with E-state index in [0.717, 1.165) is 12.1 Å². The molecular weight excluding hydrogens is 258 g/mol. The van der Waals surface area contributed by atoms with Crippen LogP contribution in [0.15, 0.2) is 6.20 Å². The summed E-state index contributed by atoms with van der Waals surface area (Å²) in [6, 6.07) is 0. The molecule has 6 heteroatoms. The molecule has 1 N–H and O–H groups in total. The van der Waals surface area contributed by atoms with Crippen molar-refractivity contribution < 1.29 is 14.3 Å². The number of ether oxygens (including phenoxy) is 2. The number of nitrogens with one attached hydrogen (secondary N) is 1. The Kier molecular flexibility index (Phi) is 4.45. The van der Waals surface area contributed by atoms with Gasteiger partial charge in [0.15, 0.2) is 5.79 Å². The van der Waals surface area contributed by atoms with Gasteiger partial charge >= 0.3 is 0 Å². The van der Waals surface area contributed by atoms with E-state index >= 15 is 0 Å². The molecule has 0 radical (unpaired) electrons. The van der Waals surface area contributed by atoms with Crippen molar-refractivity contribution in [2.24, 2.45) is 13.0 Å². The Hall–Kier alpha value is -1.40. The minimum Gasteiger partial charge on any atom is -0.352 e. The lowest BCUT2D eigenvalue weighted by Crippen LogP contribution is -2.34. The van der Waals surface area contributed by atoms with Gasteiger partial charge in [-0.1, -0.05) is 6.92 Å². The van der Waals surface area contributed by atoms with Crippen LogP contribution in [0.1, 0.15) is 36.3 Å². The van der Waals surface area contributed by atoms with E-state index in [-0.39, 0.29) is 11.8 Å². The van der Waals surface area contributed by atoms with Gasteiger partial charge in [-0.15, -0.1) is 0 Å². The Labute approximate surface area is 119 Å². The summed E-state index contributed by atoms with van der Waals surface area (Å²) < 4.78 is 12.8. The fourth-order valence-corrected chi connectivity index (χ4v) is 2.56. The number of rotatable bonds is 5. The third-order valence-corrected chi connectivity index (χ3v) is 3.49. The fraction of sp³-hybridized carbons (Fsp3) is 0.714. The maximum absolute atomic E-state index is 12.1. The third-order valence-electron chi connectivity index (χ3n) is 3.49. The zero-order valence-corrected chi connectivity index (χ0v) is 12.6. The van der Waals surface area contributed by atoms with Crippen molar-refractivity contribution in [2.75, 3.05) is 19.8 Å². The third kappa shape index (κ3) is 3.58. The number of nitrogens with zero attached hydrogens (tertiary/aromatic N) is 2. The summed E-state index contributed by atoms with van der Waals surface area (Å²) in [5.74, 6) is -0.311. The monoisotopic (exact) mass is 281 g/mol. The predicted octanol–water partition coefficient (Wildman–Crippen LogP) is 1.25. The summed E-state index contributed by atoms with van der Waals surface area (Å²) in [5.41, 5.74) is 1.37. The number of hydrogen-bond acceptors (Lipinski definition) is 4. The Balaban J connectivity index is 1.82. The molecule has 1 aromatic heterocycles. The van der Waals surface area contributed by atoms with Gasteiger partial charge in [-0.05, 0) is 19.8 Å². The van der Waals surface area contributed by atoms with Gasteiger partial charge in [0.05, 0.1) is 24.5 Å². The van der Waals surface area contributed by atoms with Gasteiger partial charge in [0.25, 0.3) is 5.91 Å². The smallest absolute Gasteiger partial charge is 0.254 e. The SMILES string of the molecule is Cc1nn(C)cc1C(=O)NC[C@H](C)CC1(C)OCCO1. The van der Waals surface area contributed by atoms with Crippen LogP contribution in [-0.2, 0) is 16.5 Å². The first-order chi connectivity index (χ1) is 9.39. The van der Waals surface area contributed by atoms with Crippen LogP contribution >= 0.6 is 0 Å². The molecule has 1 amide bonds. The van der Waals surface area contributed by atoms with Crippen molar-refractivity contribution in [1.82, 2.24) is 15.1 Å². The largest absolute Gasteiger partial charge is 0.352 e. The van der Waals surface area contributed by atoms with E-state index in [1.807, 2.05) is 20.9 Å². The quantitative estimate of drug-likeness (QED) is 0.882. The molecule has 0 aromatic carbocycles. The summed E-state index contributed by atoms with van der Waals surface area (Å²) in [6.45, 7) is 7.74. The topological polar surface area (TPSA) is 65.4 Å². The Morgan fingerprint density at radius 1 is 1.55 bits per heavy atom. The van der Waals surface area contributed by atoms with E-state index in [4.69, 9.17) is 9.47 Å². The van der Waals surface area contributed by atoms with Crippen LogP contribution in [0.2, 0.25) is 0 Å². The maximum atomic E-state index is 12.1. The molecule has 20 heavy (non-hydrogen) atoms. The lowest BCUT2D eigenvalue weighted by molar-refractivity contribution is -0.153. The van der Waals surface area contributed by atoms with Gasteiger partial charge in [-0.3, -0.25) is 9.48 Å². The molecule has 0 spiro atoms. The summed E-state index contributed by atoms with van der Waals surface area (Å²) in [7, 11) is 1.81. The van der Waals surface area contributed by atoms with E-state index in [9.17, 15) is 4.79 Å². The molecule has 1 atom stereocenters. The second-order valence-corrected chi connectivity index (χ2v) is 5.65. The molecule has 0 aliphatic carbocycles. The lowest BCUT2D eigenvalue weighted by Gasteiger charge is -2.25. The number of hydrogen-bond donors (Lipinski definition) is 1. The molecule has 2 heterocycles.